The predicted molar refractivity (Wildman–Crippen MR) is 69.5 cm³/mol. The van der Waals surface area contributed by atoms with Crippen LogP contribution in [0.1, 0.15) is 5.56 Å². The monoisotopic (exact) mass is 280 g/mol. The van der Waals surface area contributed by atoms with E-state index in [4.69, 9.17) is 5.26 Å². The minimum absolute atomic E-state index is 0.307. The van der Waals surface area contributed by atoms with E-state index in [0.717, 1.165) is 9.47 Å². The largest absolute Gasteiger partial charge is 0.353 e. The lowest BCUT2D eigenvalue weighted by atomic mass is 10.2. The number of hydrogen-bond acceptors (Lipinski definition) is 6. The Morgan fingerprint density at radius 3 is 2.78 bits per heavy atom. The second-order valence-corrected chi connectivity index (χ2v) is 5.84. The van der Waals surface area contributed by atoms with Crippen LogP contribution >= 0.6 is 23.1 Å². The molecule has 0 radical (unpaired) electrons. The fourth-order valence-electron chi connectivity index (χ4n) is 1.20. The van der Waals surface area contributed by atoms with Crippen LogP contribution in [0.25, 0.3) is 0 Å². The van der Waals surface area contributed by atoms with Crippen LogP contribution < -0.4 is 4.90 Å². The van der Waals surface area contributed by atoms with Crippen LogP contribution in [-0.2, 0) is 0 Å². The fraction of sp³-hybridized carbons (Fsp3) is 0.182. The third-order valence-corrected chi connectivity index (χ3v) is 4.26. The van der Waals surface area contributed by atoms with E-state index in [1.807, 2.05) is 25.1 Å². The second-order valence-electron chi connectivity index (χ2n) is 3.60. The predicted octanol–water partition coefficient (Wildman–Crippen LogP) is 2.77. The summed E-state index contributed by atoms with van der Waals surface area (Å²) in [5.41, 5.74) is 0.307. The summed E-state index contributed by atoms with van der Waals surface area (Å²) >= 11 is 2.74. The van der Waals surface area contributed by atoms with Crippen LogP contribution in [-0.4, -0.2) is 24.3 Å². The summed E-state index contributed by atoms with van der Waals surface area (Å²) < 4.78 is 13.7. The zero-order chi connectivity index (χ0) is 13.1. The molecule has 4 nitrogen and oxygen atoms in total. The molecule has 92 valence electrons. The molecular weight excluding hydrogens is 271 g/mol. The molecule has 1 heterocycles. The summed E-state index contributed by atoms with van der Waals surface area (Å²) in [6.45, 7) is 0. The standard InChI is InChI=1S/C11H9FN4S2/c1-16(2)10-14-15-11(18-10)17-9-4-3-8(12)5-7(9)6-13/h3-5H,1-2H3. The molecule has 1 aromatic carbocycles. The van der Waals surface area contributed by atoms with Gasteiger partial charge in [-0.15, -0.1) is 10.2 Å². The summed E-state index contributed by atoms with van der Waals surface area (Å²) in [4.78, 5) is 2.54. The van der Waals surface area contributed by atoms with Crippen LogP contribution in [0.15, 0.2) is 27.4 Å². The van der Waals surface area contributed by atoms with Crippen LogP contribution in [0.3, 0.4) is 0 Å². The van der Waals surface area contributed by atoms with Gasteiger partial charge in [-0.1, -0.05) is 23.1 Å². The molecule has 0 unspecified atom stereocenters. The van der Waals surface area contributed by atoms with Gasteiger partial charge in [0.1, 0.15) is 11.9 Å². The highest BCUT2D eigenvalue weighted by Gasteiger charge is 2.10. The maximum atomic E-state index is 13.0. The minimum atomic E-state index is -0.415. The van der Waals surface area contributed by atoms with Gasteiger partial charge in [0.25, 0.3) is 0 Å². The third-order valence-electron chi connectivity index (χ3n) is 2.04. The molecule has 0 spiro atoms. The molecule has 7 heteroatoms. The van der Waals surface area contributed by atoms with Crippen molar-refractivity contribution in [2.45, 2.75) is 9.24 Å². The molecule has 0 aliphatic carbocycles. The Balaban J connectivity index is 2.26. The maximum Gasteiger partial charge on any atom is 0.208 e. The summed E-state index contributed by atoms with van der Waals surface area (Å²) in [6, 6.07) is 6.10. The molecule has 0 bridgehead atoms. The first-order chi connectivity index (χ1) is 8.60. The number of nitrogens with zero attached hydrogens (tertiary/aromatic N) is 4. The molecule has 0 amide bonds. The number of rotatable bonds is 3. The zero-order valence-corrected chi connectivity index (χ0v) is 11.3. The first-order valence-electron chi connectivity index (χ1n) is 4.98. The Morgan fingerprint density at radius 2 is 2.17 bits per heavy atom. The Hall–Kier alpha value is -1.65. The van der Waals surface area contributed by atoms with Crippen LogP contribution in [0, 0.1) is 17.1 Å². The van der Waals surface area contributed by atoms with E-state index in [1.165, 1.54) is 35.2 Å². The average molecular weight is 280 g/mol. The highest BCUT2D eigenvalue weighted by Crippen LogP contribution is 2.34. The normalized spacial score (nSPS) is 10.1. The van der Waals surface area contributed by atoms with Crippen molar-refractivity contribution in [2.24, 2.45) is 0 Å². The van der Waals surface area contributed by atoms with Crippen molar-refractivity contribution in [3.63, 3.8) is 0 Å². The van der Waals surface area contributed by atoms with E-state index < -0.39 is 5.82 Å². The molecule has 0 aliphatic heterocycles. The van der Waals surface area contributed by atoms with E-state index in [0.29, 0.717) is 10.5 Å². The van der Waals surface area contributed by atoms with E-state index in [1.54, 1.807) is 6.07 Å². The quantitative estimate of drug-likeness (QED) is 0.865. The Morgan fingerprint density at radius 1 is 1.39 bits per heavy atom. The lowest BCUT2D eigenvalue weighted by Gasteiger charge is -2.04. The summed E-state index contributed by atoms with van der Waals surface area (Å²) in [5.74, 6) is -0.415. The highest BCUT2D eigenvalue weighted by molar-refractivity contribution is 8.01. The molecule has 0 N–H and O–H groups in total. The fourth-order valence-corrected chi connectivity index (χ4v) is 2.98. The van der Waals surface area contributed by atoms with Gasteiger partial charge in [-0.25, -0.2) is 4.39 Å². The summed E-state index contributed by atoms with van der Waals surface area (Å²) in [6.07, 6.45) is 0. The van der Waals surface area contributed by atoms with Crippen LogP contribution in [0.5, 0.6) is 0 Å². The Labute approximate surface area is 112 Å². The molecule has 18 heavy (non-hydrogen) atoms. The smallest absolute Gasteiger partial charge is 0.208 e. The Kier molecular flexibility index (Phi) is 3.79. The molecule has 0 aliphatic rings. The van der Waals surface area contributed by atoms with Crippen molar-refractivity contribution in [3.05, 3.63) is 29.6 Å². The minimum Gasteiger partial charge on any atom is -0.353 e. The number of halogens is 1. The van der Waals surface area contributed by atoms with Gasteiger partial charge in [0, 0.05) is 19.0 Å². The van der Waals surface area contributed by atoms with Gasteiger partial charge in [-0.2, -0.15) is 5.26 Å². The van der Waals surface area contributed by atoms with Gasteiger partial charge in [-0.05, 0) is 18.2 Å². The number of anilines is 1. The lowest BCUT2D eigenvalue weighted by molar-refractivity contribution is 0.626. The molecule has 0 saturated heterocycles. The van der Waals surface area contributed by atoms with Crippen LogP contribution in [0.2, 0.25) is 0 Å². The average Bonchev–Trinajstić information content (AvgIpc) is 2.80. The SMILES string of the molecule is CN(C)c1nnc(Sc2ccc(F)cc2C#N)s1. The third kappa shape index (κ3) is 2.78. The summed E-state index contributed by atoms with van der Waals surface area (Å²) in [7, 11) is 3.77. The van der Waals surface area contributed by atoms with E-state index in [2.05, 4.69) is 10.2 Å². The van der Waals surface area contributed by atoms with Gasteiger partial charge in [0.2, 0.25) is 5.13 Å². The number of nitriles is 1. The maximum absolute atomic E-state index is 13.0. The topological polar surface area (TPSA) is 52.8 Å². The van der Waals surface area contributed by atoms with Crippen molar-refractivity contribution >= 4 is 28.2 Å². The molecular formula is C11H9FN4S2. The van der Waals surface area contributed by atoms with Crippen molar-refractivity contribution in [3.8, 4) is 6.07 Å². The second kappa shape index (κ2) is 5.33. The van der Waals surface area contributed by atoms with Crippen LogP contribution in [0.4, 0.5) is 9.52 Å². The molecule has 1 aromatic heterocycles. The zero-order valence-electron chi connectivity index (χ0n) is 9.72. The van der Waals surface area contributed by atoms with E-state index >= 15 is 0 Å². The van der Waals surface area contributed by atoms with Crippen molar-refractivity contribution in [1.29, 1.82) is 5.26 Å². The van der Waals surface area contributed by atoms with Crippen molar-refractivity contribution in [1.82, 2.24) is 10.2 Å². The first kappa shape index (κ1) is 12.8. The molecule has 2 rings (SSSR count). The van der Waals surface area contributed by atoms with Gasteiger partial charge in [0.15, 0.2) is 4.34 Å². The lowest BCUT2D eigenvalue weighted by Crippen LogP contribution is -2.07. The number of hydrogen-bond donors (Lipinski definition) is 0. The van der Waals surface area contributed by atoms with Gasteiger partial charge in [-0.3, -0.25) is 0 Å². The van der Waals surface area contributed by atoms with E-state index in [9.17, 15) is 4.39 Å². The highest BCUT2D eigenvalue weighted by atomic mass is 32.2. The van der Waals surface area contributed by atoms with Gasteiger partial charge in [0.05, 0.1) is 5.56 Å². The van der Waals surface area contributed by atoms with Crippen molar-refractivity contribution in [2.75, 3.05) is 19.0 Å². The molecule has 0 saturated carbocycles. The van der Waals surface area contributed by atoms with Gasteiger partial charge >= 0.3 is 0 Å². The molecule has 0 fully saturated rings. The first-order valence-corrected chi connectivity index (χ1v) is 6.62. The molecule has 0 atom stereocenters. The summed E-state index contributed by atoms with van der Waals surface area (Å²) in [5, 5.41) is 17.8. The number of aromatic nitrogens is 2. The Bertz CT molecular complexity index is 603. The van der Waals surface area contributed by atoms with Gasteiger partial charge < -0.3 is 4.90 Å². The van der Waals surface area contributed by atoms with E-state index in [-0.39, 0.29) is 0 Å². The molecule has 2 aromatic rings. The van der Waals surface area contributed by atoms with Crippen molar-refractivity contribution < 1.29 is 4.39 Å². The number of benzene rings is 1.